The van der Waals surface area contributed by atoms with Crippen LogP contribution in [0.3, 0.4) is 0 Å². The highest BCUT2D eigenvalue weighted by molar-refractivity contribution is 5.95. The summed E-state index contributed by atoms with van der Waals surface area (Å²) >= 11 is 0. The summed E-state index contributed by atoms with van der Waals surface area (Å²) in [6, 6.07) is 2.25. The molecule has 1 aromatic carbocycles. The van der Waals surface area contributed by atoms with E-state index in [9.17, 15) is 13.6 Å². The Bertz CT molecular complexity index is 556. The molecule has 1 heterocycles. The Morgan fingerprint density at radius 3 is 2.19 bits per heavy atom. The minimum absolute atomic E-state index is 0.153. The van der Waals surface area contributed by atoms with Gasteiger partial charge in [-0.3, -0.25) is 4.79 Å². The van der Waals surface area contributed by atoms with E-state index in [1.54, 1.807) is 0 Å². The zero-order valence-corrected chi connectivity index (χ0v) is 16.0. The summed E-state index contributed by atoms with van der Waals surface area (Å²) in [6.07, 6.45) is 8.47. The van der Waals surface area contributed by atoms with E-state index >= 15 is 0 Å². The average molecular weight is 367 g/mol. The number of likely N-dealkylation sites (tertiary alicyclic amines) is 1. The summed E-state index contributed by atoms with van der Waals surface area (Å²) in [6.45, 7) is 5.94. The molecule has 2 rings (SSSR count). The Labute approximate surface area is 155 Å². The van der Waals surface area contributed by atoms with Crippen molar-refractivity contribution in [3.05, 3.63) is 29.3 Å². The molecule has 146 valence electrons. The van der Waals surface area contributed by atoms with E-state index < -0.39 is 23.1 Å². The summed E-state index contributed by atoms with van der Waals surface area (Å²) in [5, 5.41) is 0. The lowest BCUT2D eigenvalue weighted by Crippen LogP contribution is -2.29. The summed E-state index contributed by atoms with van der Waals surface area (Å²) in [7, 11) is 0. The third-order valence-electron chi connectivity index (χ3n) is 5.04. The van der Waals surface area contributed by atoms with Gasteiger partial charge in [0.1, 0.15) is 22.9 Å². The Morgan fingerprint density at radius 2 is 1.65 bits per heavy atom. The zero-order valence-electron chi connectivity index (χ0n) is 16.0. The van der Waals surface area contributed by atoms with Gasteiger partial charge in [-0.25, -0.2) is 8.78 Å². The third-order valence-corrected chi connectivity index (χ3v) is 5.04. The van der Waals surface area contributed by atoms with Crippen molar-refractivity contribution in [3.8, 4) is 5.75 Å². The van der Waals surface area contributed by atoms with Crippen LogP contribution in [0.15, 0.2) is 12.1 Å². The summed E-state index contributed by atoms with van der Waals surface area (Å²) < 4.78 is 34.1. The standard InChI is InChI=1S/C21H31F2NO2/c1-3-8-16(9-4-2)10-7-13-26-17-14-18(22)20(19(23)15-17)21(25)24-11-5-6-12-24/h14-16H,3-13H2,1-2H3. The van der Waals surface area contributed by atoms with Crippen molar-refractivity contribution >= 4 is 5.91 Å². The maximum absolute atomic E-state index is 14.3. The molecule has 3 nitrogen and oxygen atoms in total. The maximum atomic E-state index is 14.3. The molecule has 0 saturated carbocycles. The average Bonchev–Trinajstić information content (AvgIpc) is 3.13. The van der Waals surface area contributed by atoms with Gasteiger partial charge in [-0.05, 0) is 31.6 Å². The number of carbonyl (C=O) groups is 1. The van der Waals surface area contributed by atoms with Crippen LogP contribution in [0.2, 0.25) is 0 Å². The quantitative estimate of drug-likeness (QED) is 0.506. The van der Waals surface area contributed by atoms with Crippen molar-refractivity contribution in [2.45, 2.75) is 65.2 Å². The number of hydrogen-bond donors (Lipinski definition) is 0. The molecule has 1 amide bonds. The van der Waals surface area contributed by atoms with Crippen LogP contribution in [0.5, 0.6) is 5.75 Å². The number of halogens is 2. The number of nitrogens with zero attached hydrogens (tertiary/aromatic N) is 1. The first-order valence-electron chi connectivity index (χ1n) is 9.97. The number of benzene rings is 1. The summed E-state index contributed by atoms with van der Waals surface area (Å²) in [5.74, 6) is -1.40. The van der Waals surface area contributed by atoms with Gasteiger partial charge in [0.25, 0.3) is 5.91 Å². The Balaban J connectivity index is 1.89. The molecular weight excluding hydrogens is 336 g/mol. The van der Waals surface area contributed by atoms with E-state index in [0.29, 0.717) is 25.6 Å². The second-order valence-electron chi connectivity index (χ2n) is 7.20. The Kier molecular flexibility index (Phi) is 8.33. The highest BCUT2D eigenvalue weighted by Gasteiger charge is 2.26. The van der Waals surface area contributed by atoms with Crippen molar-refractivity contribution < 1.29 is 18.3 Å². The molecule has 0 bridgehead atoms. The lowest BCUT2D eigenvalue weighted by molar-refractivity contribution is 0.0783. The van der Waals surface area contributed by atoms with Gasteiger partial charge in [-0.2, -0.15) is 0 Å². The first-order chi connectivity index (χ1) is 12.6. The maximum Gasteiger partial charge on any atom is 0.259 e. The van der Waals surface area contributed by atoms with Crippen LogP contribution in [0.25, 0.3) is 0 Å². The van der Waals surface area contributed by atoms with Crippen LogP contribution in [-0.4, -0.2) is 30.5 Å². The predicted octanol–water partition coefficient (Wildman–Crippen LogP) is 5.58. The van der Waals surface area contributed by atoms with Crippen molar-refractivity contribution in [2.75, 3.05) is 19.7 Å². The lowest BCUT2D eigenvalue weighted by Gasteiger charge is -2.17. The Hall–Kier alpha value is -1.65. The zero-order chi connectivity index (χ0) is 18.9. The molecule has 5 heteroatoms. The fourth-order valence-electron chi connectivity index (χ4n) is 3.73. The highest BCUT2D eigenvalue weighted by atomic mass is 19.1. The second kappa shape index (κ2) is 10.5. The number of ether oxygens (including phenoxy) is 1. The van der Waals surface area contributed by atoms with Gasteiger partial charge in [0, 0.05) is 25.2 Å². The van der Waals surface area contributed by atoms with Crippen LogP contribution >= 0.6 is 0 Å². The van der Waals surface area contributed by atoms with Crippen LogP contribution < -0.4 is 4.74 Å². The largest absolute Gasteiger partial charge is 0.493 e. The van der Waals surface area contributed by atoms with Gasteiger partial charge in [0.15, 0.2) is 0 Å². The molecule has 0 aliphatic carbocycles. The Morgan fingerprint density at radius 1 is 1.08 bits per heavy atom. The monoisotopic (exact) mass is 367 g/mol. The molecular formula is C21H31F2NO2. The van der Waals surface area contributed by atoms with Crippen molar-refractivity contribution in [2.24, 2.45) is 5.92 Å². The van der Waals surface area contributed by atoms with E-state index in [1.807, 2.05) is 0 Å². The molecule has 1 aliphatic heterocycles. The van der Waals surface area contributed by atoms with Gasteiger partial charge < -0.3 is 9.64 Å². The van der Waals surface area contributed by atoms with Crippen molar-refractivity contribution in [1.29, 1.82) is 0 Å². The topological polar surface area (TPSA) is 29.5 Å². The normalized spacial score (nSPS) is 14.3. The smallest absolute Gasteiger partial charge is 0.259 e. The first kappa shape index (κ1) is 20.7. The number of hydrogen-bond acceptors (Lipinski definition) is 2. The number of carbonyl (C=O) groups excluding carboxylic acids is 1. The van der Waals surface area contributed by atoms with E-state index in [2.05, 4.69) is 13.8 Å². The van der Waals surface area contributed by atoms with Crippen LogP contribution in [0.1, 0.15) is 75.6 Å². The molecule has 0 atom stereocenters. The van der Waals surface area contributed by atoms with E-state index in [0.717, 1.165) is 37.8 Å². The SMILES string of the molecule is CCCC(CCC)CCCOc1cc(F)c(C(=O)N2CCCC2)c(F)c1. The van der Waals surface area contributed by atoms with Gasteiger partial charge in [-0.15, -0.1) is 0 Å². The van der Waals surface area contributed by atoms with Crippen molar-refractivity contribution in [1.82, 2.24) is 4.90 Å². The minimum Gasteiger partial charge on any atom is -0.493 e. The van der Waals surface area contributed by atoms with Crippen LogP contribution in [-0.2, 0) is 0 Å². The minimum atomic E-state index is -0.841. The van der Waals surface area contributed by atoms with Crippen molar-refractivity contribution in [3.63, 3.8) is 0 Å². The van der Waals surface area contributed by atoms with Gasteiger partial charge >= 0.3 is 0 Å². The molecule has 1 fully saturated rings. The number of rotatable bonds is 10. The van der Waals surface area contributed by atoms with Gasteiger partial charge in [-0.1, -0.05) is 39.5 Å². The van der Waals surface area contributed by atoms with Crippen LogP contribution in [0, 0.1) is 17.6 Å². The molecule has 0 N–H and O–H groups in total. The van der Waals surface area contributed by atoms with Crippen LogP contribution in [0.4, 0.5) is 8.78 Å². The second-order valence-corrected chi connectivity index (χ2v) is 7.20. The van der Waals surface area contributed by atoms with E-state index in [-0.39, 0.29) is 5.75 Å². The van der Waals surface area contributed by atoms with Gasteiger partial charge in [0.2, 0.25) is 0 Å². The predicted molar refractivity (Wildman–Crippen MR) is 99.5 cm³/mol. The first-order valence-corrected chi connectivity index (χ1v) is 9.97. The molecule has 1 aliphatic rings. The summed E-state index contributed by atoms with van der Waals surface area (Å²) in [5.41, 5.74) is -0.467. The van der Waals surface area contributed by atoms with Gasteiger partial charge in [0.05, 0.1) is 6.61 Å². The number of amides is 1. The lowest BCUT2D eigenvalue weighted by atomic mass is 9.93. The molecule has 0 spiro atoms. The molecule has 1 saturated heterocycles. The van der Waals surface area contributed by atoms with E-state index in [1.165, 1.54) is 30.6 Å². The van der Waals surface area contributed by atoms with E-state index in [4.69, 9.17) is 4.74 Å². The molecule has 0 unspecified atom stereocenters. The molecule has 26 heavy (non-hydrogen) atoms. The molecule has 0 radical (unpaired) electrons. The third kappa shape index (κ3) is 5.68. The molecule has 0 aromatic heterocycles. The fourth-order valence-corrected chi connectivity index (χ4v) is 3.73. The fraction of sp³-hybridized carbons (Fsp3) is 0.667. The highest BCUT2D eigenvalue weighted by Crippen LogP contribution is 2.24. The summed E-state index contributed by atoms with van der Waals surface area (Å²) in [4.78, 5) is 13.8. The molecule has 1 aromatic rings.